The molecule has 0 atom stereocenters. The van der Waals surface area contributed by atoms with E-state index in [1.165, 1.54) is 0 Å². The van der Waals surface area contributed by atoms with Gasteiger partial charge in [-0.1, -0.05) is 12.1 Å². The van der Waals surface area contributed by atoms with Gasteiger partial charge in [0.05, 0.1) is 0 Å². The van der Waals surface area contributed by atoms with Crippen molar-refractivity contribution >= 4 is 11.7 Å². The number of aryl methyl sites for hydroxylation is 3. The number of nitrogens with one attached hydrogen (secondary N) is 2. The highest BCUT2D eigenvalue weighted by molar-refractivity contribution is 5.99. The molecule has 0 bridgehead atoms. The van der Waals surface area contributed by atoms with E-state index < -0.39 is 0 Å². The van der Waals surface area contributed by atoms with Crippen LogP contribution in [0.15, 0.2) is 12.1 Å². The Morgan fingerprint density at radius 1 is 1.35 bits per heavy atom. The summed E-state index contributed by atoms with van der Waals surface area (Å²) in [6.07, 6.45) is 0. The molecule has 0 aliphatic heterocycles. The summed E-state index contributed by atoms with van der Waals surface area (Å²) in [6, 6.07) is 3.43. The van der Waals surface area contributed by atoms with Crippen molar-refractivity contribution in [3.8, 4) is 0 Å². The molecule has 2 rings (SSSR count). The minimum atomic E-state index is -0.298. The molecule has 0 unspecified atom stereocenters. The first-order valence-electron chi connectivity index (χ1n) is 6.24. The van der Waals surface area contributed by atoms with E-state index in [0.29, 0.717) is 28.9 Å². The number of H-pyrrole nitrogens is 1. The number of carbonyl (C=O) groups excluding carboxylic acids is 1. The van der Waals surface area contributed by atoms with Gasteiger partial charge in [-0.3, -0.25) is 9.89 Å². The zero-order chi connectivity index (χ0) is 14.9. The first kappa shape index (κ1) is 14.0. The number of halogens is 1. The van der Waals surface area contributed by atoms with Crippen molar-refractivity contribution in [1.82, 2.24) is 15.5 Å². The summed E-state index contributed by atoms with van der Waals surface area (Å²) in [6.45, 7) is 5.44. The van der Waals surface area contributed by atoms with Crippen LogP contribution in [0, 0.1) is 26.6 Å². The minimum Gasteiger partial charge on any atom is -0.382 e. The predicted molar refractivity (Wildman–Crippen MR) is 74.8 cm³/mol. The fourth-order valence-corrected chi connectivity index (χ4v) is 2.14. The number of anilines is 1. The Balaban J connectivity index is 2.12. The average Bonchev–Trinajstić information content (AvgIpc) is 2.72. The molecule has 1 heterocycles. The maximum Gasteiger partial charge on any atom is 0.257 e. The first-order valence-corrected chi connectivity index (χ1v) is 6.24. The van der Waals surface area contributed by atoms with E-state index in [1.54, 1.807) is 32.9 Å². The molecule has 20 heavy (non-hydrogen) atoms. The van der Waals surface area contributed by atoms with Crippen LogP contribution in [-0.4, -0.2) is 16.1 Å². The van der Waals surface area contributed by atoms with Gasteiger partial charge in [0.15, 0.2) is 5.82 Å². The molecule has 2 aromatic rings. The maximum absolute atomic E-state index is 13.5. The summed E-state index contributed by atoms with van der Waals surface area (Å²) >= 11 is 0. The van der Waals surface area contributed by atoms with Gasteiger partial charge in [0.25, 0.3) is 5.91 Å². The Labute approximate surface area is 116 Å². The van der Waals surface area contributed by atoms with Crippen LogP contribution < -0.4 is 11.1 Å². The fourth-order valence-electron chi connectivity index (χ4n) is 2.14. The van der Waals surface area contributed by atoms with E-state index in [0.717, 1.165) is 5.56 Å². The predicted octanol–water partition coefficient (Wildman–Crippen LogP) is 1.99. The van der Waals surface area contributed by atoms with E-state index in [-0.39, 0.29) is 17.5 Å². The summed E-state index contributed by atoms with van der Waals surface area (Å²) in [5.74, 6) is -0.338. The highest BCUT2D eigenvalue weighted by atomic mass is 19.1. The second kappa shape index (κ2) is 5.32. The van der Waals surface area contributed by atoms with Crippen LogP contribution in [0.2, 0.25) is 0 Å². The van der Waals surface area contributed by atoms with Crippen molar-refractivity contribution in [2.75, 3.05) is 5.73 Å². The van der Waals surface area contributed by atoms with E-state index in [2.05, 4.69) is 15.5 Å². The lowest BCUT2D eigenvalue weighted by atomic mass is 10.1. The Bertz CT molecular complexity index is 621. The zero-order valence-electron chi connectivity index (χ0n) is 11.7. The van der Waals surface area contributed by atoms with Crippen molar-refractivity contribution in [1.29, 1.82) is 0 Å². The summed E-state index contributed by atoms with van der Waals surface area (Å²) in [4.78, 5) is 12.0. The van der Waals surface area contributed by atoms with Gasteiger partial charge < -0.3 is 11.1 Å². The second-order valence-electron chi connectivity index (χ2n) is 4.84. The van der Waals surface area contributed by atoms with Gasteiger partial charge >= 0.3 is 0 Å². The van der Waals surface area contributed by atoms with Gasteiger partial charge in [0.1, 0.15) is 11.4 Å². The van der Waals surface area contributed by atoms with Gasteiger partial charge in [-0.05, 0) is 37.5 Å². The van der Waals surface area contributed by atoms with Crippen molar-refractivity contribution in [3.05, 3.63) is 45.9 Å². The number of amides is 1. The molecule has 5 nitrogen and oxygen atoms in total. The standard InChI is InChI=1S/C14H17FN4O/c1-7-4-10(5-8(2)12(7)15)6-17-14(20)11-9(3)18-19-13(11)16/h4-5H,6H2,1-3H3,(H,17,20)(H3,16,18,19). The number of nitrogens with zero attached hydrogens (tertiary/aromatic N) is 1. The second-order valence-corrected chi connectivity index (χ2v) is 4.84. The molecular formula is C14H17FN4O. The lowest BCUT2D eigenvalue weighted by Crippen LogP contribution is -2.24. The van der Waals surface area contributed by atoms with Crippen LogP contribution in [0.25, 0.3) is 0 Å². The third-order valence-corrected chi connectivity index (χ3v) is 3.15. The number of rotatable bonds is 3. The van der Waals surface area contributed by atoms with Crippen molar-refractivity contribution < 1.29 is 9.18 Å². The molecule has 0 saturated heterocycles. The third kappa shape index (κ3) is 2.64. The molecular weight excluding hydrogens is 259 g/mol. The highest BCUT2D eigenvalue weighted by Gasteiger charge is 2.15. The van der Waals surface area contributed by atoms with Crippen LogP contribution in [0.5, 0.6) is 0 Å². The van der Waals surface area contributed by atoms with E-state index in [9.17, 15) is 9.18 Å². The van der Waals surface area contributed by atoms with Gasteiger partial charge in [0, 0.05) is 12.2 Å². The van der Waals surface area contributed by atoms with Gasteiger partial charge in [0.2, 0.25) is 0 Å². The number of carbonyl (C=O) groups is 1. The number of hydrogen-bond acceptors (Lipinski definition) is 3. The molecule has 0 aliphatic rings. The summed E-state index contributed by atoms with van der Waals surface area (Å²) in [5, 5.41) is 9.19. The number of aromatic nitrogens is 2. The van der Waals surface area contributed by atoms with Crippen LogP contribution in [0.4, 0.5) is 10.2 Å². The summed E-state index contributed by atoms with van der Waals surface area (Å²) in [7, 11) is 0. The lowest BCUT2D eigenvalue weighted by Gasteiger charge is -2.08. The van der Waals surface area contributed by atoms with Crippen molar-refractivity contribution in [2.24, 2.45) is 0 Å². The lowest BCUT2D eigenvalue weighted by molar-refractivity contribution is 0.0951. The van der Waals surface area contributed by atoms with Gasteiger partial charge in [-0.2, -0.15) is 5.10 Å². The molecule has 0 aliphatic carbocycles. The van der Waals surface area contributed by atoms with E-state index in [1.807, 2.05) is 0 Å². The van der Waals surface area contributed by atoms with Crippen LogP contribution in [0.1, 0.15) is 32.7 Å². The first-order chi connectivity index (χ1) is 9.40. The normalized spacial score (nSPS) is 10.6. The Morgan fingerprint density at radius 3 is 2.45 bits per heavy atom. The largest absolute Gasteiger partial charge is 0.382 e. The summed E-state index contributed by atoms with van der Waals surface area (Å²) < 4.78 is 13.5. The van der Waals surface area contributed by atoms with E-state index in [4.69, 9.17) is 5.73 Å². The molecule has 106 valence electrons. The third-order valence-electron chi connectivity index (χ3n) is 3.15. The molecule has 1 amide bonds. The monoisotopic (exact) mass is 276 g/mol. The van der Waals surface area contributed by atoms with Crippen molar-refractivity contribution in [3.63, 3.8) is 0 Å². The SMILES string of the molecule is Cc1cc(CNC(=O)c2c(N)n[nH]c2C)cc(C)c1F. The molecule has 0 radical (unpaired) electrons. The Kier molecular flexibility index (Phi) is 3.74. The van der Waals surface area contributed by atoms with Gasteiger partial charge in [-0.25, -0.2) is 4.39 Å². The quantitative estimate of drug-likeness (QED) is 0.801. The molecule has 0 saturated carbocycles. The molecule has 6 heteroatoms. The molecule has 0 fully saturated rings. The number of benzene rings is 1. The average molecular weight is 276 g/mol. The van der Waals surface area contributed by atoms with Crippen LogP contribution in [-0.2, 0) is 6.54 Å². The maximum atomic E-state index is 13.5. The highest BCUT2D eigenvalue weighted by Crippen LogP contribution is 2.15. The molecule has 0 spiro atoms. The number of hydrogen-bond donors (Lipinski definition) is 3. The number of nitrogen functional groups attached to an aromatic ring is 1. The van der Waals surface area contributed by atoms with Gasteiger partial charge in [-0.15, -0.1) is 0 Å². The molecule has 4 N–H and O–H groups in total. The Hall–Kier alpha value is -2.37. The minimum absolute atomic E-state index is 0.173. The fraction of sp³-hybridized carbons (Fsp3) is 0.286. The zero-order valence-corrected chi connectivity index (χ0v) is 11.7. The smallest absolute Gasteiger partial charge is 0.257 e. The topological polar surface area (TPSA) is 83.8 Å². The number of aromatic amines is 1. The van der Waals surface area contributed by atoms with Crippen LogP contribution >= 0.6 is 0 Å². The summed E-state index contributed by atoms with van der Waals surface area (Å²) in [5.41, 5.74) is 8.56. The van der Waals surface area contributed by atoms with Crippen LogP contribution in [0.3, 0.4) is 0 Å². The number of nitrogens with two attached hydrogens (primary N) is 1. The van der Waals surface area contributed by atoms with E-state index >= 15 is 0 Å². The Morgan fingerprint density at radius 2 is 1.95 bits per heavy atom. The molecule has 1 aromatic carbocycles. The van der Waals surface area contributed by atoms with Crippen molar-refractivity contribution in [2.45, 2.75) is 27.3 Å². The molecule has 1 aromatic heterocycles.